The molecule has 0 aliphatic rings. The van der Waals surface area contributed by atoms with E-state index < -0.39 is 10.0 Å². The maximum absolute atomic E-state index is 12.0. The molecule has 0 bridgehead atoms. The lowest BCUT2D eigenvalue weighted by molar-refractivity contribution is 0.587. The van der Waals surface area contributed by atoms with Crippen molar-refractivity contribution in [1.29, 1.82) is 0 Å². The average Bonchev–Trinajstić information content (AvgIpc) is 2.93. The zero-order valence-corrected chi connectivity index (χ0v) is 13.2. The quantitative estimate of drug-likeness (QED) is 0.852. The highest BCUT2D eigenvalue weighted by molar-refractivity contribution is 7.89. The molecule has 7 heteroatoms. The van der Waals surface area contributed by atoms with E-state index in [9.17, 15) is 8.42 Å². The maximum atomic E-state index is 12.0. The summed E-state index contributed by atoms with van der Waals surface area (Å²) in [5.74, 6) is 0. The summed E-state index contributed by atoms with van der Waals surface area (Å²) in [4.78, 5) is 4.40. The highest BCUT2D eigenvalue weighted by atomic mass is 32.2. The number of anilines is 1. The number of nitrogens with one attached hydrogen (secondary N) is 2. The number of nitrogens with zero attached hydrogens (tertiary/aromatic N) is 2. The summed E-state index contributed by atoms with van der Waals surface area (Å²) in [5, 5.41) is 3.23. The fraction of sp³-hybridized carbons (Fsp3) is 0.357. The van der Waals surface area contributed by atoms with Crippen molar-refractivity contribution in [2.24, 2.45) is 0 Å². The van der Waals surface area contributed by atoms with Gasteiger partial charge in [-0.15, -0.1) is 0 Å². The molecular formula is C14H20N4O2S. The van der Waals surface area contributed by atoms with Crippen molar-refractivity contribution in [2.45, 2.75) is 31.8 Å². The van der Waals surface area contributed by atoms with Gasteiger partial charge >= 0.3 is 0 Å². The van der Waals surface area contributed by atoms with Crippen LogP contribution in [0.2, 0.25) is 0 Å². The van der Waals surface area contributed by atoms with Crippen molar-refractivity contribution in [3.05, 3.63) is 42.0 Å². The molecule has 0 unspecified atom stereocenters. The van der Waals surface area contributed by atoms with Crippen LogP contribution in [0.5, 0.6) is 0 Å². The molecular weight excluding hydrogens is 288 g/mol. The van der Waals surface area contributed by atoms with E-state index in [0.29, 0.717) is 17.0 Å². The average molecular weight is 308 g/mol. The molecule has 0 aliphatic heterocycles. The summed E-state index contributed by atoms with van der Waals surface area (Å²) in [5.41, 5.74) is 2.53. The minimum Gasteiger partial charge on any atom is -0.379 e. The van der Waals surface area contributed by atoms with Crippen LogP contribution in [0.1, 0.15) is 18.2 Å². The van der Waals surface area contributed by atoms with E-state index in [1.165, 1.54) is 7.05 Å². The lowest BCUT2D eigenvalue weighted by Gasteiger charge is -2.12. The first-order valence-corrected chi connectivity index (χ1v) is 8.23. The van der Waals surface area contributed by atoms with Gasteiger partial charge in [0.15, 0.2) is 0 Å². The largest absolute Gasteiger partial charge is 0.379 e. The Hall–Kier alpha value is -1.86. The molecule has 0 spiro atoms. The third-order valence-electron chi connectivity index (χ3n) is 3.36. The number of aromatic nitrogens is 2. The molecule has 2 rings (SSSR count). The van der Waals surface area contributed by atoms with Crippen molar-refractivity contribution in [3.8, 4) is 0 Å². The molecule has 1 aromatic carbocycles. The number of hydrogen-bond acceptors (Lipinski definition) is 4. The fourth-order valence-electron chi connectivity index (χ4n) is 2.08. The van der Waals surface area contributed by atoms with Crippen LogP contribution in [0.4, 0.5) is 5.69 Å². The van der Waals surface area contributed by atoms with Crippen LogP contribution in [0.15, 0.2) is 35.6 Å². The Kier molecular flexibility index (Phi) is 4.64. The second-order valence-electron chi connectivity index (χ2n) is 4.71. The molecule has 6 nitrogen and oxygen atoms in total. The van der Waals surface area contributed by atoms with Crippen LogP contribution < -0.4 is 10.0 Å². The number of imidazole rings is 1. The van der Waals surface area contributed by atoms with E-state index in [1.54, 1.807) is 31.6 Å². The van der Waals surface area contributed by atoms with Crippen LogP contribution in [0.25, 0.3) is 0 Å². The number of aryl methyl sites for hydroxylation is 2. The predicted octanol–water partition coefficient (Wildman–Crippen LogP) is 1.73. The third-order valence-corrected chi connectivity index (χ3v) is 4.92. The van der Waals surface area contributed by atoms with Crippen LogP contribution >= 0.6 is 0 Å². The number of benzene rings is 1. The Morgan fingerprint density at radius 2 is 2.10 bits per heavy atom. The highest BCUT2D eigenvalue weighted by Gasteiger charge is 2.15. The van der Waals surface area contributed by atoms with Crippen molar-refractivity contribution in [1.82, 2.24) is 14.3 Å². The lowest BCUT2D eigenvalue weighted by Crippen LogP contribution is -2.19. The van der Waals surface area contributed by atoms with Gasteiger partial charge in [0, 0.05) is 18.4 Å². The number of rotatable bonds is 6. The van der Waals surface area contributed by atoms with Crippen LogP contribution in [0, 0.1) is 6.92 Å². The Labute approximate surface area is 125 Å². The van der Waals surface area contributed by atoms with Gasteiger partial charge in [0.2, 0.25) is 10.0 Å². The molecule has 0 fully saturated rings. The molecule has 0 aliphatic carbocycles. The Morgan fingerprint density at radius 1 is 1.33 bits per heavy atom. The summed E-state index contributed by atoms with van der Waals surface area (Å²) < 4.78 is 28.3. The standard InChI is InChI=1S/C14H20N4O2S/c1-4-18-10-16-8-13(18)9-17-12-6-5-11(2)14(7-12)21(19,20)15-3/h5-8,10,15,17H,4,9H2,1-3H3. The second kappa shape index (κ2) is 6.28. The molecule has 2 N–H and O–H groups in total. The zero-order valence-electron chi connectivity index (χ0n) is 12.4. The topological polar surface area (TPSA) is 76.0 Å². The lowest BCUT2D eigenvalue weighted by atomic mass is 10.2. The van der Waals surface area contributed by atoms with E-state index >= 15 is 0 Å². The van der Waals surface area contributed by atoms with Crippen LogP contribution in [0.3, 0.4) is 0 Å². The molecule has 114 valence electrons. The van der Waals surface area contributed by atoms with E-state index in [2.05, 4.69) is 21.9 Å². The van der Waals surface area contributed by atoms with Gasteiger partial charge in [0.25, 0.3) is 0 Å². The van der Waals surface area contributed by atoms with Gasteiger partial charge in [0.05, 0.1) is 23.5 Å². The molecule has 1 aromatic heterocycles. The van der Waals surface area contributed by atoms with Gasteiger partial charge in [0.1, 0.15) is 0 Å². The maximum Gasteiger partial charge on any atom is 0.240 e. The van der Waals surface area contributed by atoms with Crippen molar-refractivity contribution < 1.29 is 8.42 Å². The van der Waals surface area contributed by atoms with E-state index in [1.807, 2.05) is 10.6 Å². The second-order valence-corrected chi connectivity index (χ2v) is 6.57. The number of sulfonamides is 1. The molecule has 0 saturated heterocycles. The molecule has 0 saturated carbocycles. The van der Waals surface area contributed by atoms with E-state index in [0.717, 1.165) is 17.9 Å². The van der Waals surface area contributed by atoms with Crippen molar-refractivity contribution in [3.63, 3.8) is 0 Å². The minimum absolute atomic E-state index is 0.291. The summed E-state index contributed by atoms with van der Waals surface area (Å²) in [6.07, 6.45) is 3.58. The molecule has 2 aromatic rings. The van der Waals surface area contributed by atoms with Crippen molar-refractivity contribution >= 4 is 15.7 Å². The molecule has 0 amide bonds. The van der Waals surface area contributed by atoms with Crippen LogP contribution in [-0.4, -0.2) is 25.0 Å². The fourth-order valence-corrected chi connectivity index (χ4v) is 3.08. The highest BCUT2D eigenvalue weighted by Crippen LogP contribution is 2.20. The van der Waals surface area contributed by atoms with Gasteiger partial charge in [-0.25, -0.2) is 18.1 Å². The Morgan fingerprint density at radius 3 is 2.76 bits per heavy atom. The minimum atomic E-state index is -3.44. The van der Waals surface area contributed by atoms with Gasteiger partial charge in [-0.2, -0.15) is 0 Å². The van der Waals surface area contributed by atoms with Crippen LogP contribution in [-0.2, 0) is 23.1 Å². The summed E-state index contributed by atoms with van der Waals surface area (Å²) in [7, 11) is -2.03. The summed E-state index contributed by atoms with van der Waals surface area (Å²) in [6, 6.07) is 5.31. The Balaban J connectivity index is 2.20. The first kappa shape index (κ1) is 15.5. The summed E-state index contributed by atoms with van der Waals surface area (Å²) >= 11 is 0. The zero-order chi connectivity index (χ0) is 15.5. The molecule has 0 atom stereocenters. The predicted molar refractivity (Wildman–Crippen MR) is 82.7 cm³/mol. The first-order valence-electron chi connectivity index (χ1n) is 6.75. The normalized spacial score (nSPS) is 11.6. The van der Waals surface area contributed by atoms with E-state index in [4.69, 9.17) is 0 Å². The van der Waals surface area contributed by atoms with Gasteiger partial charge in [-0.1, -0.05) is 6.07 Å². The summed E-state index contributed by atoms with van der Waals surface area (Å²) in [6.45, 7) is 5.27. The van der Waals surface area contributed by atoms with Gasteiger partial charge in [-0.3, -0.25) is 0 Å². The Bertz CT molecular complexity index is 722. The third kappa shape index (κ3) is 3.43. The van der Waals surface area contributed by atoms with Gasteiger partial charge in [-0.05, 0) is 38.6 Å². The molecule has 1 heterocycles. The SMILES string of the molecule is CCn1cncc1CNc1ccc(C)c(S(=O)(=O)NC)c1. The van der Waals surface area contributed by atoms with E-state index in [-0.39, 0.29) is 0 Å². The molecule has 0 radical (unpaired) electrons. The van der Waals surface area contributed by atoms with Gasteiger partial charge < -0.3 is 9.88 Å². The number of hydrogen-bond donors (Lipinski definition) is 2. The molecule has 21 heavy (non-hydrogen) atoms. The first-order chi connectivity index (χ1) is 9.97. The van der Waals surface area contributed by atoms with Crippen molar-refractivity contribution in [2.75, 3.05) is 12.4 Å². The monoisotopic (exact) mass is 308 g/mol. The smallest absolute Gasteiger partial charge is 0.240 e.